The second kappa shape index (κ2) is 7.76. The normalized spacial score (nSPS) is 12.1. The van der Waals surface area contributed by atoms with Crippen molar-refractivity contribution in [2.24, 2.45) is 4.99 Å². The van der Waals surface area contributed by atoms with Gasteiger partial charge in [-0.3, -0.25) is 4.57 Å². The summed E-state index contributed by atoms with van der Waals surface area (Å²) in [5.74, 6) is 0.805. The minimum absolute atomic E-state index is 0.805. The largest absolute Gasteiger partial charge is 0.294 e. The number of para-hydroxylation sites is 1. The van der Waals surface area contributed by atoms with E-state index in [2.05, 4.69) is 48.0 Å². The highest BCUT2D eigenvalue weighted by Gasteiger charge is 2.15. The van der Waals surface area contributed by atoms with Gasteiger partial charge in [0.05, 0.1) is 5.52 Å². The predicted molar refractivity (Wildman–Crippen MR) is 104 cm³/mol. The Balaban J connectivity index is 2.86. The molecule has 0 aliphatic rings. The molecule has 0 bridgehead atoms. The molecule has 0 unspecified atom stereocenters. The first-order chi connectivity index (χ1) is 11.3. The van der Waals surface area contributed by atoms with Crippen LogP contribution in [0.3, 0.4) is 0 Å². The number of rotatable bonds is 7. The van der Waals surface area contributed by atoms with Crippen LogP contribution in [0.5, 0.6) is 0 Å². The van der Waals surface area contributed by atoms with Gasteiger partial charge >= 0.3 is 0 Å². The number of allylic oxidation sites excluding steroid dienone is 7. The molecule has 0 saturated carbocycles. The molecule has 2 aromatic rings. The Morgan fingerprint density at radius 3 is 2.43 bits per heavy atom. The molecule has 2 nitrogen and oxygen atoms in total. The molecular formula is C21H20N2. The minimum Gasteiger partial charge on any atom is -0.294 e. The van der Waals surface area contributed by atoms with E-state index in [9.17, 15) is 0 Å². The summed E-state index contributed by atoms with van der Waals surface area (Å²) in [7, 11) is 0. The fourth-order valence-electron chi connectivity index (χ4n) is 2.43. The van der Waals surface area contributed by atoms with E-state index in [1.54, 1.807) is 24.4 Å². The summed E-state index contributed by atoms with van der Waals surface area (Å²) in [5, 5.41) is 1.10. The molecule has 0 spiro atoms. The Bertz CT molecular complexity index is 842. The van der Waals surface area contributed by atoms with E-state index < -0.39 is 0 Å². The number of fused-ring (bicyclic) bond motifs is 1. The highest BCUT2D eigenvalue weighted by molar-refractivity contribution is 5.99. The van der Waals surface area contributed by atoms with Crippen LogP contribution >= 0.6 is 0 Å². The number of aliphatic imine (C=N–C) groups is 1. The molecule has 2 heteroatoms. The zero-order valence-corrected chi connectivity index (χ0v) is 13.2. The molecule has 1 aromatic carbocycles. The lowest BCUT2D eigenvalue weighted by molar-refractivity contribution is 1.16. The molecular weight excluding hydrogens is 280 g/mol. The van der Waals surface area contributed by atoms with Crippen molar-refractivity contribution in [3.05, 3.63) is 92.6 Å². The molecule has 1 heterocycles. The molecule has 0 amide bonds. The maximum absolute atomic E-state index is 4.55. The quantitative estimate of drug-likeness (QED) is 0.444. The summed E-state index contributed by atoms with van der Waals surface area (Å²) < 4.78 is 2.06. The summed E-state index contributed by atoms with van der Waals surface area (Å²) in [6.07, 6.45) is 14.5. The van der Waals surface area contributed by atoms with Crippen LogP contribution in [0.1, 0.15) is 5.56 Å². The standard InChI is InChI=1S/C21H20N2/c1-5-9-10-13-17(7-3)23-20-15-12-11-14-19(20)18(8-4)21(23)22-16-6-2/h5-16H,1-4H2/b10-9-,17-13+,22-16-. The fourth-order valence-corrected chi connectivity index (χ4v) is 2.43. The topological polar surface area (TPSA) is 17.3 Å². The van der Waals surface area contributed by atoms with Crippen LogP contribution in [0, 0.1) is 0 Å². The average Bonchev–Trinajstić information content (AvgIpc) is 2.90. The summed E-state index contributed by atoms with van der Waals surface area (Å²) in [4.78, 5) is 4.55. The maximum atomic E-state index is 4.55. The first-order valence-corrected chi connectivity index (χ1v) is 7.31. The third-order valence-corrected chi connectivity index (χ3v) is 3.38. The predicted octanol–water partition coefficient (Wildman–Crippen LogP) is 5.94. The number of aromatic nitrogens is 1. The van der Waals surface area contributed by atoms with Gasteiger partial charge in [-0.2, -0.15) is 0 Å². The molecule has 0 aliphatic heterocycles. The van der Waals surface area contributed by atoms with Crippen LogP contribution in [0.2, 0.25) is 0 Å². The van der Waals surface area contributed by atoms with Gasteiger partial charge in [0.15, 0.2) is 0 Å². The highest BCUT2D eigenvalue weighted by atomic mass is 15.1. The molecule has 2 rings (SSSR count). The third-order valence-electron chi connectivity index (χ3n) is 3.38. The van der Waals surface area contributed by atoms with E-state index in [0.29, 0.717) is 0 Å². The van der Waals surface area contributed by atoms with Crippen LogP contribution in [0.4, 0.5) is 5.82 Å². The van der Waals surface area contributed by atoms with Crippen LogP contribution < -0.4 is 0 Å². The van der Waals surface area contributed by atoms with Crippen LogP contribution in [-0.4, -0.2) is 10.8 Å². The van der Waals surface area contributed by atoms with E-state index in [1.807, 2.05) is 36.4 Å². The van der Waals surface area contributed by atoms with Gasteiger partial charge in [-0.15, -0.1) is 0 Å². The van der Waals surface area contributed by atoms with E-state index in [1.165, 1.54) is 0 Å². The summed E-state index contributed by atoms with van der Waals surface area (Å²) in [6, 6.07) is 8.14. The van der Waals surface area contributed by atoms with Gasteiger partial charge in [0.1, 0.15) is 5.82 Å². The highest BCUT2D eigenvalue weighted by Crippen LogP contribution is 2.36. The van der Waals surface area contributed by atoms with Crippen molar-refractivity contribution < 1.29 is 0 Å². The number of hydrogen-bond donors (Lipinski definition) is 0. The third kappa shape index (κ3) is 3.22. The lowest BCUT2D eigenvalue weighted by Crippen LogP contribution is -1.94. The molecule has 0 atom stereocenters. The number of hydrogen-bond acceptors (Lipinski definition) is 1. The first-order valence-electron chi connectivity index (χ1n) is 7.31. The molecule has 1 aromatic heterocycles. The van der Waals surface area contributed by atoms with E-state index in [4.69, 9.17) is 0 Å². The van der Waals surface area contributed by atoms with Gasteiger partial charge in [-0.05, 0) is 18.2 Å². The summed E-state index contributed by atoms with van der Waals surface area (Å²) >= 11 is 0. The molecule has 0 fully saturated rings. The van der Waals surface area contributed by atoms with Gasteiger partial charge in [0.25, 0.3) is 0 Å². The van der Waals surface area contributed by atoms with Crippen LogP contribution in [0.25, 0.3) is 22.7 Å². The average molecular weight is 300 g/mol. The second-order valence-corrected chi connectivity index (χ2v) is 4.72. The molecule has 23 heavy (non-hydrogen) atoms. The second-order valence-electron chi connectivity index (χ2n) is 4.72. The molecule has 0 saturated heterocycles. The Hall–Kier alpha value is -3.13. The molecule has 0 aliphatic carbocycles. The fraction of sp³-hybridized carbons (Fsp3) is 0. The van der Waals surface area contributed by atoms with Crippen LogP contribution in [0.15, 0.2) is 92.0 Å². The lowest BCUT2D eigenvalue weighted by atomic mass is 10.1. The Labute approximate surface area is 137 Å². The van der Waals surface area contributed by atoms with Crippen molar-refractivity contribution in [2.75, 3.05) is 0 Å². The van der Waals surface area contributed by atoms with Crippen molar-refractivity contribution in [1.29, 1.82) is 0 Å². The molecule has 114 valence electrons. The summed E-state index contributed by atoms with van der Waals surface area (Å²) in [6.45, 7) is 15.3. The minimum atomic E-state index is 0.805. The first kappa shape index (κ1) is 16.2. The zero-order chi connectivity index (χ0) is 16.7. The zero-order valence-electron chi connectivity index (χ0n) is 13.2. The molecule has 0 N–H and O–H groups in total. The van der Waals surface area contributed by atoms with Gasteiger partial charge in [-0.25, -0.2) is 4.99 Å². The van der Waals surface area contributed by atoms with Crippen LogP contribution in [-0.2, 0) is 0 Å². The Morgan fingerprint density at radius 2 is 1.78 bits per heavy atom. The van der Waals surface area contributed by atoms with Gasteiger partial charge in [-0.1, -0.05) is 74.9 Å². The monoisotopic (exact) mass is 300 g/mol. The van der Waals surface area contributed by atoms with Crippen molar-refractivity contribution in [3.63, 3.8) is 0 Å². The van der Waals surface area contributed by atoms with Gasteiger partial charge in [0, 0.05) is 22.9 Å². The summed E-state index contributed by atoms with van der Waals surface area (Å²) in [5.41, 5.74) is 2.96. The molecule has 0 radical (unpaired) electrons. The van der Waals surface area contributed by atoms with E-state index in [-0.39, 0.29) is 0 Å². The van der Waals surface area contributed by atoms with E-state index in [0.717, 1.165) is 28.0 Å². The van der Waals surface area contributed by atoms with Crippen molar-refractivity contribution in [2.45, 2.75) is 0 Å². The van der Waals surface area contributed by atoms with Crippen molar-refractivity contribution in [1.82, 2.24) is 4.57 Å². The van der Waals surface area contributed by atoms with Crippen molar-refractivity contribution >= 4 is 34.7 Å². The van der Waals surface area contributed by atoms with Crippen molar-refractivity contribution in [3.8, 4) is 0 Å². The van der Waals surface area contributed by atoms with Gasteiger partial charge in [0.2, 0.25) is 0 Å². The maximum Gasteiger partial charge on any atom is 0.145 e. The smallest absolute Gasteiger partial charge is 0.145 e. The Morgan fingerprint density at radius 1 is 1.00 bits per heavy atom. The number of benzene rings is 1. The lowest BCUT2D eigenvalue weighted by Gasteiger charge is -2.08. The van der Waals surface area contributed by atoms with Gasteiger partial charge < -0.3 is 0 Å². The number of nitrogens with zero attached hydrogens (tertiary/aromatic N) is 2. The Kier molecular flexibility index (Phi) is 5.48. The van der Waals surface area contributed by atoms with E-state index >= 15 is 0 Å². The SMILES string of the molecule is C=C/C=C\C=C(/C=C)n1c(/N=C\C=C)c(C=C)c2ccccc21.